The molecule has 2 N–H and O–H groups in total. The molecule has 0 spiro atoms. The van der Waals surface area contributed by atoms with Crippen LogP contribution in [-0.2, 0) is 12.0 Å². The van der Waals surface area contributed by atoms with Gasteiger partial charge in [-0.15, -0.1) is 0 Å². The number of hydrogen-bond donors (Lipinski definition) is 1. The summed E-state index contributed by atoms with van der Waals surface area (Å²) < 4.78 is 2.52. The first-order chi connectivity index (χ1) is 9.20. The smallest absolute Gasteiger partial charge is 0.0348 e. The van der Waals surface area contributed by atoms with Crippen molar-refractivity contribution in [1.82, 2.24) is 4.57 Å². The highest BCUT2D eigenvalue weighted by molar-refractivity contribution is 5.28. The summed E-state index contributed by atoms with van der Waals surface area (Å²) in [6, 6.07) is 4.72. The van der Waals surface area contributed by atoms with Gasteiger partial charge in [0.15, 0.2) is 0 Å². The average molecular weight is 258 g/mol. The van der Waals surface area contributed by atoms with Crippen LogP contribution in [0.1, 0.15) is 49.9 Å². The molecule has 5 rings (SSSR count). The molecule has 4 aliphatic carbocycles. The summed E-state index contributed by atoms with van der Waals surface area (Å²) in [7, 11) is 0. The molecular formula is C17H26N2. The van der Waals surface area contributed by atoms with Crippen LogP contribution in [0.5, 0.6) is 0 Å². The monoisotopic (exact) mass is 258 g/mol. The van der Waals surface area contributed by atoms with E-state index in [2.05, 4.69) is 23.6 Å². The topological polar surface area (TPSA) is 30.9 Å². The van der Waals surface area contributed by atoms with Gasteiger partial charge in [-0.25, -0.2) is 0 Å². The minimum absolute atomic E-state index is 0.512. The Balaban J connectivity index is 1.75. The first-order valence-corrected chi connectivity index (χ1v) is 8.07. The molecule has 104 valence electrons. The van der Waals surface area contributed by atoms with E-state index in [1.54, 1.807) is 5.69 Å². The van der Waals surface area contributed by atoms with E-state index in [1.165, 1.54) is 44.2 Å². The Hall–Kier alpha value is -0.760. The quantitative estimate of drug-likeness (QED) is 0.886. The Kier molecular flexibility index (Phi) is 2.60. The summed E-state index contributed by atoms with van der Waals surface area (Å²) in [5.41, 5.74) is 9.36. The Morgan fingerprint density at radius 1 is 1.11 bits per heavy atom. The number of aryl methyl sites for hydroxylation is 1. The molecule has 19 heavy (non-hydrogen) atoms. The molecule has 0 radical (unpaired) electrons. The molecule has 1 aromatic heterocycles. The summed E-state index contributed by atoms with van der Waals surface area (Å²) in [4.78, 5) is 0. The molecular weight excluding hydrogens is 232 g/mol. The van der Waals surface area contributed by atoms with Gasteiger partial charge in [0.05, 0.1) is 0 Å². The van der Waals surface area contributed by atoms with Crippen molar-refractivity contribution in [2.24, 2.45) is 23.5 Å². The van der Waals surface area contributed by atoms with Gasteiger partial charge < -0.3 is 10.3 Å². The molecule has 1 heterocycles. The fraction of sp³-hybridized carbons (Fsp3) is 0.765. The number of aromatic nitrogens is 1. The van der Waals surface area contributed by atoms with Crippen LogP contribution in [-0.4, -0.2) is 11.1 Å². The van der Waals surface area contributed by atoms with E-state index in [-0.39, 0.29) is 0 Å². The van der Waals surface area contributed by atoms with Gasteiger partial charge >= 0.3 is 0 Å². The van der Waals surface area contributed by atoms with E-state index in [1.807, 2.05) is 0 Å². The van der Waals surface area contributed by atoms with Gasteiger partial charge in [-0.2, -0.15) is 0 Å². The average Bonchev–Trinajstić information content (AvgIpc) is 2.70. The zero-order chi connectivity index (χ0) is 13.0. The van der Waals surface area contributed by atoms with Crippen molar-refractivity contribution < 1.29 is 0 Å². The Bertz CT molecular complexity index is 450. The minimum atomic E-state index is 0.512. The third-order valence-electron chi connectivity index (χ3n) is 6.13. The van der Waals surface area contributed by atoms with Crippen molar-refractivity contribution in [3.63, 3.8) is 0 Å². The van der Waals surface area contributed by atoms with Gasteiger partial charge in [-0.3, -0.25) is 0 Å². The van der Waals surface area contributed by atoms with E-state index < -0.39 is 0 Å². The van der Waals surface area contributed by atoms with E-state index in [9.17, 15) is 0 Å². The molecule has 0 aromatic carbocycles. The van der Waals surface area contributed by atoms with Crippen molar-refractivity contribution >= 4 is 0 Å². The van der Waals surface area contributed by atoms with Crippen molar-refractivity contribution in [1.29, 1.82) is 0 Å². The van der Waals surface area contributed by atoms with E-state index >= 15 is 0 Å². The van der Waals surface area contributed by atoms with Gasteiger partial charge in [-0.05, 0) is 75.3 Å². The molecule has 2 nitrogen and oxygen atoms in total. The molecule has 1 aromatic rings. The lowest BCUT2D eigenvalue weighted by atomic mass is 9.49. The Labute approximate surface area is 116 Å². The van der Waals surface area contributed by atoms with Gasteiger partial charge in [0.1, 0.15) is 0 Å². The van der Waals surface area contributed by atoms with Crippen LogP contribution in [0.2, 0.25) is 0 Å². The second kappa shape index (κ2) is 4.12. The lowest BCUT2D eigenvalue weighted by Crippen LogP contribution is -2.49. The van der Waals surface area contributed by atoms with Gasteiger partial charge in [0.25, 0.3) is 0 Å². The SMILES string of the molecule is Cc1ccc(C23CC4CC(CC(C4)C2)C3)n1CCN. The highest BCUT2D eigenvalue weighted by atomic mass is 15.0. The fourth-order valence-corrected chi connectivity index (χ4v) is 5.88. The molecule has 4 fully saturated rings. The van der Waals surface area contributed by atoms with E-state index in [0.29, 0.717) is 5.41 Å². The summed E-state index contributed by atoms with van der Waals surface area (Å²) in [6.07, 6.45) is 8.93. The Morgan fingerprint density at radius 3 is 2.21 bits per heavy atom. The number of hydrogen-bond acceptors (Lipinski definition) is 1. The molecule has 4 saturated carbocycles. The zero-order valence-corrected chi connectivity index (χ0v) is 12.1. The predicted molar refractivity (Wildman–Crippen MR) is 78.1 cm³/mol. The normalized spacial score (nSPS) is 40.0. The number of rotatable bonds is 3. The molecule has 4 aliphatic rings. The van der Waals surface area contributed by atoms with Gasteiger partial charge in [-0.1, -0.05) is 0 Å². The highest BCUT2D eigenvalue weighted by Gasteiger charge is 2.52. The van der Waals surface area contributed by atoms with E-state index in [4.69, 9.17) is 5.73 Å². The molecule has 0 aliphatic heterocycles. The second-order valence-corrected chi connectivity index (χ2v) is 7.50. The summed E-state index contributed by atoms with van der Waals surface area (Å²) in [6.45, 7) is 3.99. The summed E-state index contributed by atoms with van der Waals surface area (Å²) in [5, 5.41) is 0. The fourth-order valence-electron chi connectivity index (χ4n) is 5.88. The molecule has 0 unspecified atom stereocenters. The first kappa shape index (κ1) is 12.0. The molecule has 0 saturated heterocycles. The molecule has 2 heteroatoms. The Morgan fingerprint density at radius 2 is 1.68 bits per heavy atom. The van der Waals surface area contributed by atoms with Crippen LogP contribution >= 0.6 is 0 Å². The van der Waals surface area contributed by atoms with Crippen molar-refractivity contribution in [2.75, 3.05) is 6.54 Å². The number of nitrogens with two attached hydrogens (primary N) is 1. The third-order valence-corrected chi connectivity index (χ3v) is 6.13. The van der Waals surface area contributed by atoms with Gasteiger partial charge in [0.2, 0.25) is 0 Å². The van der Waals surface area contributed by atoms with Crippen LogP contribution in [0.4, 0.5) is 0 Å². The zero-order valence-electron chi connectivity index (χ0n) is 12.1. The standard InChI is InChI=1S/C17H26N2/c1-12-2-3-16(19(12)5-4-18)17-9-13-6-14(10-17)8-15(7-13)11-17/h2-3,13-15H,4-11,18H2,1H3. The maximum Gasteiger partial charge on any atom is 0.0348 e. The summed E-state index contributed by atoms with van der Waals surface area (Å²) in [5.74, 6) is 3.06. The maximum absolute atomic E-state index is 5.83. The molecule has 4 bridgehead atoms. The second-order valence-electron chi connectivity index (χ2n) is 7.50. The molecule has 0 atom stereocenters. The van der Waals surface area contributed by atoms with Crippen LogP contribution in [0.25, 0.3) is 0 Å². The van der Waals surface area contributed by atoms with Crippen LogP contribution < -0.4 is 5.73 Å². The number of nitrogens with zero attached hydrogens (tertiary/aromatic N) is 1. The predicted octanol–water partition coefficient (Wildman–Crippen LogP) is 3.22. The maximum atomic E-state index is 5.83. The van der Waals surface area contributed by atoms with Crippen LogP contribution in [0.15, 0.2) is 12.1 Å². The van der Waals surface area contributed by atoms with Gasteiger partial charge in [0, 0.05) is 29.9 Å². The minimum Gasteiger partial charge on any atom is -0.347 e. The van der Waals surface area contributed by atoms with Crippen molar-refractivity contribution in [3.8, 4) is 0 Å². The van der Waals surface area contributed by atoms with Crippen molar-refractivity contribution in [3.05, 3.63) is 23.5 Å². The summed E-state index contributed by atoms with van der Waals surface area (Å²) >= 11 is 0. The van der Waals surface area contributed by atoms with Crippen LogP contribution in [0.3, 0.4) is 0 Å². The first-order valence-electron chi connectivity index (χ1n) is 8.07. The highest BCUT2D eigenvalue weighted by Crippen LogP contribution is 2.60. The lowest BCUT2D eigenvalue weighted by molar-refractivity contribution is -0.00883. The largest absolute Gasteiger partial charge is 0.347 e. The third kappa shape index (κ3) is 1.72. The van der Waals surface area contributed by atoms with Crippen LogP contribution in [0, 0.1) is 24.7 Å². The molecule has 0 amide bonds. The van der Waals surface area contributed by atoms with E-state index in [0.717, 1.165) is 30.8 Å². The van der Waals surface area contributed by atoms with Crippen molar-refractivity contribution in [2.45, 2.75) is 57.4 Å². The lowest BCUT2D eigenvalue weighted by Gasteiger charge is -2.57.